The summed E-state index contributed by atoms with van der Waals surface area (Å²) in [6.07, 6.45) is 3.91. The molecule has 0 amide bonds. The topological polar surface area (TPSA) is 98.7 Å². The van der Waals surface area contributed by atoms with Gasteiger partial charge in [-0.05, 0) is 36.3 Å². The van der Waals surface area contributed by atoms with Gasteiger partial charge in [0.05, 0.1) is 23.4 Å². The van der Waals surface area contributed by atoms with Crippen molar-refractivity contribution in [3.8, 4) is 28.5 Å². The van der Waals surface area contributed by atoms with Crippen molar-refractivity contribution in [1.82, 2.24) is 30.6 Å². The fraction of sp³-hybridized carbons (Fsp3) is 0.312. The lowest BCUT2D eigenvalue weighted by atomic mass is 10.0. The number of nitrogens with zero attached hydrogens (tertiary/aromatic N) is 5. The number of rotatable bonds is 6. The number of halogens is 1. The molecule has 0 bridgehead atoms. The predicted octanol–water partition coefficient (Wildman–Crippen LogP) is 2.66. The zero-order chi connectivity index (χ0) is 17.2. The van der Waals surface area contributed by atoms with Crippen LogP contribution in [0.25, 0.3) is 22.8 Å². The van der Waals surface area contributed by atoms with Crippen LogP contribution in [0.3, 0.4) is 0 Å². The Kier molecular flexibility index (Phi) is 4.29. The summed E-state index contributed by atoms with van der Waals surface area (Å²) in [6, 6.07) is 5.62. The Labute approximate surface area is 148 Å². The average Bonchev–Trinajstić information content (AvgIpc) is 3.27. The molecule has 8 nitrogen and oxygen atoms in total. The van der Waals surface area contributed by atoms with E-state index in [1.165, 1.54) is 6.33 Å². The molecule has 9 heteroatoms. The van der Waals surface area contributed by atoms with Gasteiger partial charge in [-0.25, -0.2) is 9.97 Å². The van der Waals surface area contributed by atoms with Crippen LogP contribution in [0, 0.1) is 0 Å². The van der Waals surface area contributed by atoms with Crippen molar-refractivity contribution >= 4 is 11.6 Å². The van der Waals surface area contributed by atoms with Crippen molar-refractivity contribution in [2.45, 2.75) is 25.6 Å². The average molecular weight is 359 g/mol. The predicted molar refractivity (Wildman–Crippen MR) is 90.0 cm³/mol. The summed E-state index contributed by atoms with van der Waals surface area (Å²) in [7, 11) is 1.61. The SMILES string of the molecule is COCc1c(-c2ccc(OC3CC3)c(Cl)c2)ncnc1-c1nn[nH]n1. The highest BCUT2D eigenvalue weighted by Crippen LogP contribution is 2.36. The Hall–Kier alpha value is -2.58. The van der Waals surface area contributed by atoms with Crippen LogP contribution >= 0.6 is 11.6 Å². The number of benzene rings is 1. The maximum Gasteiger partial charge on any atom is 0.223 e. The Bertz CT molecular complexity index is 882. The summed E-state index contributed by atoms with van der Waals surface area (Å²) in [6.45, 7) is 0.304. The van der Waals surface area contributed by atoms with Gasteiger partial charge in [0.2, 0.25) is 5.82 Å². The smallest absolute Gasteiger partial charge is 0.223 e. The Morgan fingerprint density at radius 1 is 1.24 bits per heavy atom. The minimum atomic E-state index is 0.288. The molecule has 25 heavy (non-hydrogen) atoms. The standard InChI is InChI=1S/C16H15ClN6O2/c1-24-7-11-14(18-8-19-15(11)16-20-22-23-21-16)9-2-5-13(12(17)6-9)25-10-3-4-10/h2,5-6,8,10H,3-4,7H2,1H3,(H,20,21,22,23). The second kappa shape index (κ2) is 6.73. The van der Waals surface area contributed by atoms with Crippen LogP contribution in [0.2, 0.25) is 5.02 Å². The number of H-pyrrole nitrogens is 1. The molecular formula is C16H15ClN6O2. The third-order valence-corrected chi connectivity index (χ3v) is 4.11. The molecule has 0 atom stereocenters. The molecule has 2 aromatic heterocycles. The van der Waals surface area contributed by atoms with E-state index in [1.54, 1.807) is 7.11 Å². The van der Waals surface area contributed by atoms with Crippen molar-refractivity contribution in [3.63, 3.8) is 0 Å². The van der Waals surface area contributed by atoms with Gasteiger partial charge in [-0.1, -0.05) is 11.6 Å². The quantitative estimate of drug-likeness (QED) is 0.723. The van der Waals surface area contributed by atoms with E-state index >= 15 is 0 Å². The lowest BCUT2D eigenvalue weighted by molar-refractivity contribution is 0.185. The van der Waals surface area contributed by atoms with Crippen molar-refractivity contribution in [3.05, 3.63) is 35.1 Å². The number of hydrogen-bond acceptors (Lipinski definition) is 7. The normalized spacial score (nSPS) is 13.8. The number of aromatic amines is 1. The molecule has 2 heterocycles. The summed E-state index contributed by atoms with van der Waals surface area (Å²) in [4.78, 5) is 8.69. The highest BCUT2D eigenvalue weighted by molar-refractivity contribution is 6.32. The molecule has 3 aromatic rings. The molecule has 4 rings (SSSR count). The summed E-state index contributed by atoms with van der Waals surface area (Å²) in [5.41, 5.74) is 2.87. The third kappa shape index (κ3) is 3.31. The number of tetrazole rings is 1. The molecule has 1 aromatic carbocycles. The molecular weight excluding hydrogens is 344 g/mol. The minimum Gasteiger partial charge on any atom is -0.489 e. The van der Waals surface area contributed by atoms with Gasteiger partial charge in [0.1, 0.15) is 17.8 Å². The fourth-order valence-electron chi connectivity index (χ4n) is 2.51. The van der Waals surface area contributed by atoms with Crippen LogP contribution in [-0.4, -0.2) is 43.8 Å². The third-order valence-electron chi connectivity index (χ3n) is 3.81. The van der Waals surface area contributed by atoms with E-state index in [0.29, 0.717) is 34.6 Å². The van der Waals surface area contributed by atoms with Crippen LogP contribution < -0.4 is 4.74 Å². The summed E-state index contributed by atoms with van der Waals surface area (Å²) >= 11 is 6.38. The lowest BCUT2D eigenvalue weighted by Gasteiger charge is -2.12. The van der Waals surface area contributed by atoms with Crippen LogP contribution in [-0.2, 0) is 11.3 Å². The summed E-state index contributed by atoms with van der Waals surface area (Å²) in [5, 5.41) is 14.6. The second-order valence-electron chi connectivity index (χ2n) is 5.68. The molecule has 0 saturated heterocycles. The lowest BCUT2D eigenvalue weighted by Crippen LogP contribution is -2.03. The first-order valence-corrected chi connectivity index (χ1v) is 8.17. The first-order valence-electron chi connectivity index (χ1n) is 7.79. The van der Waals surface area contributed by atoms with E-state index in [4.69, 9.17) is 21.1 Å². The van der Waals surface area contributed by atoms with Crippen molar-refractivity contribution in [2.75, 3.05) is 7.11 Å². The summed E-state index contributed by atoms with van der Waals surface area (Å²) < 4.78 is 11.1. The number of nitrogens with one attached hydrogen (secondary N) is 1. The maximum atomic E-state index is 6.38. The van der Waals surface area contributed by atoms with Gasteiger partial charge >= 0.3 is 0 Å². The van der Waals surface area contributed by atoms with E-state index in [9.17, 15) is 0 Å². The first-order chi connectivity index (χ1) is 12.3. The Morgan fingerprint density at radius 2 is 2.08 bits per heavy atom. The molecule has 0 radical (unpaired) electrons. The Morgan fingerprint density at radius 3 is 2.76 bits per heavy atom. The molecule has 1 aliphatic rings. The largest absolute Gasteiger partial charge is 0.489 e. The van der Waals surface area contributed by atoms with E-state index in [1.807, 2.05) is 18.2 Å². The van der Waals surface area contributed by atoms with Crippen molar-refractivity contribution < 1.29 is 9.47 Å². The second-order valence-corrected chi connectivity index (χ2v) is 6.09. The molecule has 1 saturated carbocycles. The highest BCUT2D eigenvalue weighted by atomic mass is 35.5. The van der Waals surface area contributed by atoms with Crippen molar-refractivity contribution in [1.29, 1.82) is 0 Å². The molecule has 1 fully saturated rings. The summed E-state index contributed by atoms with van der Waals surface area (Å²) in [5.74, 6) is 1.07. The number of ether oxygens (including phenoxy) is 2. The molecule has 128 valence electrons. The monoisotopic (exact) mass is 358 g/mol. The van der Waals surface area contributed by atoms with Crippen LogP contribution in [0.5, 0.6) is 5.75 Å². The van der Waals surface area contributed by atoms with Gasteiger partial charge in [0.25, 0.3) is 0 Å². The molecule has 1 aliphatic carbocycles. The molecule has 0 unspecified atom stereocenters. The zero-order valence-corrected chi connectivity index (χ0v) is 14.2. The first kappa shape index (κ1) is 15.9. The Balaban J connectivity index is 1.76. The van der Waals surface area contributed by atoms with Gasteiger partial charge in [-0.15, -0.1) is 10.2 Å². The van der Waals surface area contributed by atoms with Crippen molar-refractivity contribution in [2.24, 2.45) is 0 Å². The van der Waals surface area contributed by atoms with Gasteiger partial charge in [-0.2, -0.15) is 5.21 Å². The maximum absolute atomic E-state index is 6.38. The molecule has 1 N–H and O–H groups in total. The van der Waals surface area contributed by atoms with E-state index < -0.39 is 0 Å². The van der Waals surface area contributed by atoms with Gasteiger partial charge in [-0.3, -0.25) is 0 Å². The van der Waals surface area contributed by atoms with E-state index in [-0.39, 0.29) is 6.10 Å². The van der Waals surface area contributed by atoms with Crippen LogP contribution in [0.4, 0.5) is 0 Å². The number of hydrogen-bond donors (Lipinski definition) is 1. The minimum absolute atomic E-state index is 0.288. The van der Waals surface area contributed by atoms with Crippen LogP contribution in [0.15, 0.2) is 24.5 Å². The van der Waals surface area contributed by atoms with E-state index in [0.717, 1.165) is 24.0 Å². The number of methoxy groups -OCH3 is 1. The molecule has 0 spiro atoms. The fourth-order valence-corrected chi connectivity index (χ4v) is 2.73. The molecule has 0 aliphatic heterocycles. The highest BCUT2D eigenvalue weighted by Gasteiger charge is 2.25. The van der Waals surface area contributed by atoms with Gasteiger partial charge in [0.15, 0.2) is 0 Å². The number of aromatic nitrogens is 6. The zero-order valence-electron chi connectivity index (χ0n) is 13.4. The van der Waals surface area contributed by atoms with Crippen LogP contribution in [0.1, 0.15) is 18.4 Å². The van der Waals surface area contributed by atoms with E-state index in [2.05, 4.69) is 30.6 Å². The van der Waals surface area contributed by atoms with Gasteiger partial charge in [0, 0.05) is 18.2 Å². The van der Waals surface area contributed by atoms with Gasteiger partial charge < -0.3 is 9.47 Å².